The van der Waals surface area contributed by atoms with Crippen LogP contribution in [0.15, 0.2) is 24.5 Å². The van der Waals surface area contributed by atoms with Gasteiger partial charge in [-0.05, 0) is 55.9 Å². The molecule has 0 fully saturated rings. The number of halogens is 1. The molecular formula is C17H16ClN3S. The Balaban J connectivity index is 1.84. The third-order valence-corrected chi connectivity index (χ3v) is 5.64. The SMILES string of the molecule is Cc1ccc(Cl)cc1Nc1ncnc2sc3c(c12)CCCC3. The number of hydrogen-bond acceptors (Lipinski definition) is 4. The number of fused-ring (bicyclic) bond motifs is 3. The molecule has 0 amide bonds. The Morgan fingerprint density at radius 2 is 2.05 bits per heavy atom. The number of nitrogens with one attached hydrogen (secondary N) is 1. The molecule has 1 aliphatic rings. The van der Waals surface area contributed by atoms with Crippen molar-refractivity contribution in [2.24, 2.45) is 0 Å². The Morgan fingerprint density at radius 3 is 2.95 bits per heavy atom. The van der Waals surface area contributed by atoms with Crippen LogP contribution in [0.4, 0.5) is 11.5 Å². The van der Waals surface area contributed by atoms with Gasteiger partial charge in [0.1, 0.15) is 17.0 Å². The fraction of sp³-hybridized carbons (Fsp3) is 0.294. The quantitative estimate of drug-likeness (QED) is 0.695. The molecule has 4 rings (SSSR count). The Labute approximate surface area is 138 Å². The molecule has 0 spiro atoms. The van der Waals surface area contributed by atoms with Gasteiger partial charge in [0.05, 0.1) is 5.39 Å². The number of thiophene rings is 1. The zero-order valence-electron chi connectivity index (χ0n) is 12.3. The second-order valence-electron chi connectivity index (χ2n) is 5.70. The summed E-state index contributed by atoms with van der Waals surface area (Å²) in [6.07, 6.45) is 6.48. The molecule has 2 heterocycles. The molecule has 0 aliphatic heterocycles. The van der Waals surface area contributed by atoms with Crippen molar-refractivity contribution < 1.29 is 0 Å². The van der Waals surface area contributed by atoms with E-state index in [-0.39, 0.29) is 0 Å². The molecule has 1 aromatic carbocycles. The van der Waals surface area contributed by atoms with E-state index in [2.05, 4.69) is 22.2 Å². The number of hydrogen-bond donors (Lipinski definition) is 1. The maximum Gasteiger partial charge on any atom is 0.142 e. The third-order valence-electron chi connectivity index (χ3n) is 4.20. The number of aromatic nitrogens is 2. The van der Waals surface area contributed by atoms with E-state index in [1.165, 1.54) is 35.1 Å². The number of nitrogens with zero attached hydrogens (tertiary/aromatic N) is 2. The molecule has 3 nitrogen and oxygen atoms in total. The zero-order valence-corrected chi connectivity index (χ0v) is 13.9. The summed E-state index contributed by atoms with van der Waals surface area (Å²) < 4.78 is 0. The van der Waals surface area contributed by atoms with Crippen LogP contribution in [0.25, 0.3) is 10.2 Å². The van der Waals surface area contributed by atoms with Crippen LogP contribution < -0.4 is 5.32 Å². The first-order valence-electron chi connectivity index (χ1n) is 7.51. The van der Waals surface area contributed by atoms with Gasteiger partial charge in [0.15, 0.2) is 0 Å². The lowest BCUT2D eigenvalue weighted by Gasteiger charge is -2.13. The fourth-order valence-electron chi connectivity index (χ4n) is 3.04. The van der Waals surface area contributed by atoms with Crippen molar-refractivity contribution in [3.63, 3.8) is 0 Å². The Kier molecular flexibility index (Phi) is 3.51. The summed E-state index contributed by atoms with van der Waals surface area (Å²) in [6.45, 7) is 2.07. The number of anilines is 2. The van der Waals surface area contributed by atoms with Crippen molar-refractivity contribution in [2.75, 3.05) is 5.32 Å². The second kappa shape index (κ2) is 5.52. The van der Waals surface area contributed by atoms with Gasteiger partial charge in [-0.2, -0.15) is 0 Å². The molecule has 1 N–H and O–H groups in total. The molecule has 22 heavy (non-hydrogen) atoms. The first-order chi connectivity index (χ1) is 10.7. The predicted molar refractivity (Wildman–Crippen MR) is 93.5 cm³/mol. The lowest BCUT2D eigenvalue weighted by atomic mass is 9.97. The normalized spacial score (nSPS) is 14.1. The highest BCUT2D eigenvalue weighted by Gasteiger charge is 2.20. The van der Waals surface area contributed by atoms with Crippen LogP contribution in [0.3, 0.4) is 0 Å². The van der Waals surface area contributed by atoms with Crippen molar-refractivity contribution >= 4 is 44.7 Å². The van der Waals surface area contributed by atoms with Gasteiger partial charge in [-0.3, -0.25) is 0 Å². The summed E-state index contributed by atoms with van der Waals surface area (Å²) in [5.74, 6) is 0.898. The minimum absolute atomic E-state index is 0.728. The third kappa shape index (κ3) is 2.36. The highest BCUT2D eigenvalue weighted by atomic mass is 35.5. The topological polar surface area (TPSA) is 37.8 Å². The molecule has 2 aromatic heterocycles. The number of benzene rings is 1. The van der Waals surface area contributed by atoms with Crippen molar-refractivity contribution in [3.05, 3.63) is 45.6 Å². The van der Waals surface area contributed by atoms with Crippen molar-refractivity contribution in [3.8, 4) is 0 Å². The fourth-order valence-corrected chi connectivity index (χ4v) is 4.44. The summed E-state index contributed by atoms with van der Waals surface area (Å²) in [6, 6.07) is 5.87. The van der Waals surface area contributed by atoms with Gasteiger partial charge < -0.3 is 5.32 Å². The molecule has 0 unspecified atom stereocenters. The molecule has 0 saturated heterocycles. The van der Waals surface area contributed by atoms with E-state index < -0.39 is 0 Å². The van der Waals surface area contributed by atoms with Crippen LogP contribution in [0, 0.1) is 6.92 Å². The molecular weight excluding hydrogens is 314 g/mol. The largest absolute Gasteiger partial charge is 0.339 e. The van der Waals surface area contributed by atoms with Crippen molar-refractivity contribution in [1.82, 2.24) is 9.97 Å². The van der Waals surface area contributed by atoms with E-state index >= 15 is 0 Å². The monoisotopic (exact) mass is 329 g/mol. The Morgan fingerprint density at radius 1 is 1.18 bits per heavy atom. The van der Waals surface area contributed by atoms with Crippen LogP contribution in [-0.2, 0) is 12.8 Å². The smallest absolute Gasteiger partial charge is 0.142 e. The first kappa shape index (κ1) is 14.0. The molecule has 0 atom stereocenters. The first-order valence-corrected chi connectivity index (χ1v) is 8.70. The summed E-state index contributed by atoms with van der Waals surface area (Å²) in [7, 11) is 0. The standard InChI is InChI=1S/C17H16ClN3S/c1-10-6-7-11(18)8-13(10)21-16-15-12-4-2-3-5-14(12)22-17(15)20-9-19-16/h6-9H,2-5H2,1H3,(H,19,20,21). The van der Waals surface area contributed by atoms with Gasteiger partial charge in [-0.1, -0.05) is 17.7 Å². The average Bonchev–Trinajstić information content (AvgIpc) is 2.90. The van der Waals surface area contributed by atoms with E-state index in [1.807, 2.05) is 29.5 Å². The van der Waals surface area contributed by atoms with Gasteiger partial charge in [-0.15, -0.1) is 11.3 Å². The van der Waals surface area contributed by atoms with E-state index in [1.54, 1.807) is 6.33 Å². The lowest BCUT2D eigenvalue weighted by molar-refractivity contribution is 0.700. The maximum atomic E-state index is 6.12. The molecule has 0 radical (unpaired) electrons. The molecule has 112 valence electrons. The van der Waals surface area contributed by atoms with Gasteiger partial charge in [0.2, 0.25) is 0 Å². The minimum Gasteiger partial charge on any atom is -0.339 e. The summed E-state index contributed by atoms with van der Waals surface area (Å²) in [5.41, 5.74) is 3.59. The summed E-state index contributed by atoms with van der Waals surface area (Å²) in [4.78, 5) is 11.5. The van der Waals surface area contributed by atoms with Crippen LogP contribution >= 0.6 is 22.9 Å². The van der Waals surface area contributed by atoms with E-state index in [4.69, 9.17) is 11.6 Å². The van der Waals surface area contributed by atoms with Crippen LogP contribution in [0.1, 0.15) is 28.8 Å². The van der Waals surface area contributed by atoms with Crippen molar-refractivity contribution in [2.45, 2.75) is 32.6 Å². The van der Waals surface area contributed by atoms with Gasteiger partial charge in [-0.25, -0.2) is 9.97 Å². The van der Waals surface area contributed by atoms with Gasteiger partial charge >= 0.3 is 0 Å². The van der Waals surface area contributed by atoms with Gasteiger partial charge in [0.25, 0.3) is 0 Å². The highest BCUT2D eigenvalue weighted by Crippen LogP contribution is 2.39. The number of rotatable bonds is 2. The lowest BCUT2D eigenvalue weighted by Crippen LogP contribution is -2.01. The van der Waals surface area contributed by atoms with E-state index in [0.29, 0.717) is 0 Å². The minimum atomic E-state index is 0.728. The summed E-state index contributed by atoms with van der Waals surface area (Å²) in [5, 5.41) is 5.39. The van der Waals surface area contributed by atoms with E-state index in [0.717, 1.165) is 33.3 Å². The number of aryl methyl sites for hydroxylation is 3. The maximum absolute atomic E-state index is 6.12. The average molecular weight is 330 g/mol. The predicted octanol–water partition coefficient (Wildman–Crippen LogP) is 5.28. The van der Waals surface area contributed by atoms with E-state index in [9.17, 15) is 0 Å². The van der Waals surface area contributed by atoms with Gasteiger partial charge in [0, 0.05) is 15.6 Å². The Bertz CT molecular complexity index is 856. The Hall–Kier alpha value is -1.65. The molecule has 0 bridgehead atoms. The highest BCUT2D eigenvalue weighted by molar-refractivity contribution is 7.19. The van der Waals surface area contributed by atoms with Crippen LogP contribution in [-0.4, -0.2) is 9.97 Å². The molecule has 0 saturated carbocycles. The molecule has 5 heteroatoms. The zero-order chi connectivity index (χ0) is 15.1. The van der Waals surface area contributed by atoms with Crippen LogP contribution in [0.2, 0.25) is 5.02 Å². The second-order valence-corrected chi connectivity index (χ2v) is 7.22. The molecule has 3 aromatic rings. The van der Waals surface area contributed by atoms with Crippen molar-refractivity contribution in [1.29, 1.82) is 0 Å². The summed E-state index contributed by atoms with van der Waals surface area (Å²) >= 11 is 7.94. The molecule has 1 aliphatic carbocycles. The van der Waals surface area contributed by atoms with Crippen LogP contribution in [0.5, 0.6) is 0 Å².